The molecule has 1 aromatic heterocycles. The molecular formula is C15H20N4O2. The van der Waals surface area contributed by atoms with Crippen molar-refractivity contribution in [1.29, 1.82) is 0 Å². The minimum absolute atomic E-state index is 0.130. The summed E-state index contributed by atoms with van der Waals surface area (Å²) in [7, 11) is 0. The number of anilines is 1. The van der Waals surface area contributed by atoms with Crippen LogP contribution in [0.15, 0.2) is 30.6 Å². The van der Waals surface area contributed by atoms with Crippen LogP contribution in [-0.2, 0) is 22.7 Å². The molecule has 0 aliphatic heterocycles. The van der Waals surface area contributed by atoms with Gasteiger partial charge in [0.15, 0.2) is 12.4 Å². The van der Waals surface area contributed by atoms with Gasteiger partial charge in [-0.1, -0.05) is 19.1 Å². The van der Waals surface area contributed by atoms with Crippen LogP contribution in [0.1, 0.15) is 37.6 Å². The summed E-state index contributed by atoms with van der Waals surface area (Å²) >= 11 is 0. The number of benzene rings is 1. The smallest absolute Gasteiger partial charge is 0.313 e. The van der Waals surface area contributed by atoms with E-state index in [4.69, 9.17) is 10.5 Å². The van der Waals surface area contributed by atoms with Gasteiger partial charge in [-0.25, -0.2) is 9.67 Å². The summed E-state index contributed by atoms with van der Waals surface area (Å²) in [6.45, 7) is 4.75. The number of aryl methyl sites for hydroxylation is 1. The number of rotatable bonds is 6. The second-order valence-corrected chi connectivity index (χ2v) is 4.90. The third-order valence-electron chi connectivity index (χ3n) is 3.24. The summed E-state index contributed by atoms with van der Waals surface area (Å²) in [6, 6.07) is 7.26. The molecule has 6 heteroatoms. The molecule has 0 saturated heterocycles. The molecule has 0 amide bonds. The molecule has 0 aliphatic carbocycles. The third kappa shape index (κ3) is 3.81. The van der Waals surface area contributed by atoms with E-state index in [2.05, 4.69) is 17.0 Å². The van der Waals surface area contributed by atoms with Crippen LogP contribution < -0.4 is 5.73 Å². The van der Waals surface area contributed by atoms with Crippen molar-refractivity contribution in [3.8, 4) is 0 Å². The first-order valence-corrected chi connectivity index (χ1v) is 7.00. The molecule has 2 N–H and O–H groups in total. The molecule has 0 radical (unpaired) electrons. The molecule has 2 aromatic rings. The SMILES string of the molecule is CCCn1ncnc1COC(=O)C(C)c1cccc(N)c1. The molecule has 21 heavy (non-hydrogen) atoms. The van der Waals surface area contributed by atoms with Crippen LogP contribution in [0.2, 0.25) is 0 Å². The van der Waals surface area contributed by atoms with Gasteiger partial charge in [0.2, 0.25) is 0 Å². The number of nitrogen functional groups attached to an aromatic ring is 1. The maximum atomic E-state index is 12.1. The quantitative estimate of drug-likeness (QED) is 0.650. The topological polar surface area (TPSA) is 83.0 Å². The highest BCUT2D eigenvalue weighted by Crippen LogP contribution is 2.19. The van der Waals surface area contributed by atoms with Gasteiger partial charge in [-0.15, -0.1) is 0 Å². The van der Waals surface area contributed by atoms with E-state index in [0.29, 0.717) is 11.5 Å². The zero-order valence-corrected chi connectivity index (χ0v) is 12.3. The Morgan fingerprint density at radius 2 is 2.29 bits per heavy atom. The number of ether oxygens (including phenoxy) is 1. The van der Waals surface area contributed by atoms with Gasteiger partial charge < -0.3 is 10.5 Å². The monoisotopic (exact) mass is 288 g/mol. The second-order valence-electron chi connectivity index (χ2n) is 4.90. The van der Waals surface area contributed by atoms with Crippen LogP contribution in [0.3, 0.4) is 0 Å². The Hall–Kier alpha value is -2.37. The predicted molar refractivity (Wildman–Crippen MR) is 79.4 cm³/mol. The Morgan fingerprint density at radius 3 is 3.00 bits per heavy atom. The normalized spacial score (nSPS) is 12.1. The molecule has 0 bridgehead atoms. The molecule has 0 aliphatic rings. The van der Waals surface area contributed by atoms with E-state index in [1.807, 2.05) is 12.1 Å². The Morgan fingerprint density at radius 1 is 1.48 bits per heavy atom. The molecule has 1 atom stereocenters. The predicted octanol–water partition coefficient (Wildman–Crippen LogP) is 2.12. The van der Waals surface area contributed by atoms with Gasteiger partial charge in [-0.05, 0) is 31.0 Å². The van der Waals surface area contributed by atoms with Gasteiger partial charge in [0.1, 0.15) is 6.33 Å². The highest BCUT2D eigenvalue weighted by atomic mass is 16.5. The van der Waals surface area contributed by atoms with Gasteiger partial charge in [0.05, 0.1) is 5.92 Å². The molecule has 2 rings (SSSR count). The number of esters is 1. The van der Waals surface area contributed by atoms with Crippen LogP contribution in [0, 0.1) is 0 Å². The van der Waals surface area contributed by atoms with Gasteiger partial charge in [0, 0.05) is 12.2 Å². The van der Waals surface area contributed by atoms with Crippen molar-refractivity contribution in [3.63, 3.8) is 0 Å². The molecular weight excluding hydrogens is 268 g/mol. The number of carbonyl (C=O) groups excluding carboxylic acids is 1. The highest BCUT2D eigenvalue weighted by molar-refractivity contribution is 5.78. The zero-order chi connectivity index (χ0) is 15.2. The zero-order valence-electron chi connectivity index (χ0n) is 12.3. The van der Waals surface area contributed by atoms with Crippen molar-refractivity contribution < 1.29 is 9.53 Å². The van der Waals surface area contributed by atoms with Crippen LogP contribution in [-0.4, -0.2) is 20.7 Å². The molecule has 1 aromatic carbocycles. The Bertz CT molecular complexity index is 609. The molecule has 1 unspecified atom stereocenters. The van der Waals surface area contributed by atoms with Crippen LogP contribution in [0.25, 0.3) is 0 Å². The van der Waals surface area contributed by atoms with E-state index < -0.39 is 0 Å². The summed E-state index contributed by atoms with van der Waals surface area (Å²) in [5.74, 6) is -0.00679. The van der Waals surface area contributed by atoms with Crippen molar-refractivity contribution in [1.82, 2.24) is 14.8 Å². The number of carbonyl (C=O) groups is 1. The van der Waals surface area contributed by atoms with Crippen LogP contribution in [0.4, 0.5) is 5.69 Å². The molecule has 6 nitrogen and oxygen atoms in total. The first kappa shape index (κ1) is 15.0. The van der Waals surface area contributed by atoms with Crippen LogP contribution in [0.5, 0.6) is 0 Å². The average molecular weight is 288 g/mol. The fourth-order valence-electron chi connectivity index (χ4n) is 2.02. The first-order chi connectivity index (χ1) is 10.1. The van der Waals surface area contributed by atoms with Crippen molar-refractivity contribution in [2.75, 3.05) is 5.73 Å². The van der Waals surface area contributed by atoms with Gasteiger partial charge in [-0.3, -0.25) is 4.79 Å². The maximum absolute atomic E-state index is 12.1. The van der Waals surface area contributed by atoms with Crippen molar-refractivity contribution >= 4 is 11.7 Å². The highest BCUT2D eigenvalue weighted by Gasteiger charge is 2.18. The van der Waals surface area contributed by atoms with Crippen LogP contribution >= 0.6 is 0 Å². The number of nitrogens with zero attached hydrogens (tertiary/aromatic N) is 3. The second kappa shape index (κ2) is 6.88. The largest absolute Gasteiger partial charge is 0.457 e. The minimum atomic E-state index is -0.365. The number of aromatic nitrogens is 3. The fraction of sp³-hybridized carbons (Fsp3) is 0.400. The lowest BCUT2D eigenvalue weighted by Gasteiger charge is -2.12. The lowest BCUT2D eigenvalue weighted by atomic mass is 10.0. The van der Waals surface area contributed by atoms with Crippen molar-refractivity contribution in [2.45, 2.75) is 39.3 Å². The fourth-order valence-corrected chi connectivity index (χ4v) is 2.02. The molecule has 1 heterocycles. The number of hydrogen-bond donors (Lipinski definition) is 1. The van der Waals surface area contributed by atoms with E-state index in [1.54, 1.807) is 23.7 Å². The Kier molecular flexibility index (Phi) is 4.92. The summed E-state index contributed by atoms with van der Waals surface area (Å²) in [6.07, 6.45) is 2.42. The summed E-state index contributed by atoms with van der Waals surface area (Å²) in [4.78, 5) is 16.2. The molecule has 0 fully saturated rings. The first-order valence-electron chi connectivity index (χ1n) is 7.00. The summed E-state index contributed by atoms with van der Waals surface area (Å²) in [5, 5.41) is 4.10. The minimum Gasteiger partial charge on any atom is -0.457 e. The van der Waals surface area contributed by atoms with Gasteiger partial charge in [-0.2, -0.15) is 5.10 Å². The van der Waals surface area contributed by atoms with Crippen molar-refractivity contribution in [3.05, 3.63) is 42.0 Å². The Labute approximate surface area is 123 Å². The van der Waals surface area contributed by atoms with Crippen molar-refractivity contribution in [2.24, 2.45) is 0 Å². The van der Waals surface area contributed by atoms with Gasteiger partial charge >= 0.3 is 5.97 Å². The maximum Gasteiger partial charge on any atom is 0.313 e. The lowest BCUT2D eigenvalue weighted by molar-refractivity contribution is -0.146. The van der Waals surface area contributed by atoms with E-state index >= 15 is 0 Å². The molecule has 0 saturated carbocycles. The summed E-state index contributed by atoms with van der Waals surface area (Å²) in [5.41, 5.74) is 7.20. The number of hydrogen-bond acceptors (Lipinski definition) is 5. The third-order valence-corrected chi connectivity index (χ3v) is 3.24. The Balaban J connectivity index is 1.96. The average Bonchev–Trinajstić information content (AvgIpc) is 2.92. The van der Waals surface area contributed by atoms with E-state index in [-0.39, 0.29) is 18.5 Å². The van der Waals surface area contributed by atoms with E-state index in [1.165, 1.54) is 6.33 Å². The molecule has 112 valence electrons. The number of nitrogens with two attached hydrogens (primary N) is 1. The standard InChI is InChI=1S/C15H20N4O2/c1-3-7-19-14(17-10-18-19)9-21-15(20)11(2)12-5-4-6-13(16)8-12/h4-6,8,10-11H,3,7,9,16H2,1-2H3. The lowest BCUT2D eigenvalue weighted by Crippen LogP contribution is -2.15. The molecule has 0 spiro atoms. The van der Waals surface area contributed by atoms with Gasteiger partial charge in [0.25, 0.3) is 0 Å². The van der Waals surface area contributed by atoms with E-state index in [0.717, 1.165) is 18.5 Å². The summed E-state index contributed by atoms with van der Waals surface area (Å²) < 4.78 is 7.07. The van der Waals surface area contributed by atoms with E-state index in [9.17, 15) is 4.79 Å².